The first kappa shape index (κ1) is 16.1. The van der Waals surface area contributed by atoms with E-state index >= 15 is 0 Å². The maximum Gasteiger partial charge on any atom is 0.315 e. The van der Waals surface area contributed by atoms with Gasteiger partial charge in [-0.3, -0.25) is 4.79 Å². The van der Waals surface area contributed by atoms with E-state index < -0.39 is 0 Å². The van der Waals surface area contributed by atoms with Crippen LogP contribution in [0, 0.1) is 0 Å². The third kappa shape index (κ3) is 3.90. The molecule has 0 aromatic heterocycles. The SMILES string of the molecule is CC[C@@H](C)NC(=O)N[C@@H]1CC(=O)N(c2ccc(OC)cc2)C1. The van der Waals surface area contributed by atoms with Crippen molar-refractivity contribution in [2.75, 3.05) is 18.6 Å². The van der Waals surface area contributed by atoms with Crippen molar-refractivity contribution >= 4 is 17.6 Å². The molecule has 22 heavy (non-hydrogen) atoms. The fraction of sp³-hybridized carbons (Fsp3) is 0.500. The number of carbonyl (C=O) groups excluding carboxylic acids is 2. The lowest BCUT2D eigenvalue weighted by Crippen LogP contribution is -2.46. The topological polar surface area (TPSA) is 70.7 Å². The predicted molar refractivity (Wildman–Crippen MR) is 85.2 cm³/mol. The van der Waals surface area contributed by atoms with Gasteiger partial charge < -0.3 is 20.3 Å². The summed E-state index contributed by atoms with van der Waals surface area (Å²) in [6.07, 6.45) is 1.19. The third-order valence-corrected chi connectivity index (χ3v) is 3.83. The molecule has 2 N–H and O–H groups in total. The van der Waals surface area contributed by atoms with Gasteiger partial charge in [-0.2, -0.15) is 0 Å². The molecule has 0 bridgehead atoms. The number of amides is 3. The number of hydrogen-bond acceptors (Lipinski definition) is 3. The van der Waals surface area contributed by atoms with Gasteiger partial charge in [-0.1, -0.05) is 6.92 Å². The van der Waals surface area contributed by atoms with Gasteiger partial charge >= 0.3 is 6.03 Å². The van der Waals surface area contributed by atoms with E-state index in [2.05, 4.69) is 10.6 Å². The molecule has 120 valence electrons. The number of nitrogens with zero attached hydrogens (tertiary/aromatic N) is 1. The molecule has 0 spiro atoms. The van der Waals surface area contributed by atoms with Crippen LogP contribution in [0.1, 0.15) is 26.7 Å². The van der Waals surface area contributed by atoms with E-state index in [4.69, 9.17) is 4.74 Å². The second-order valence-corrected chi connectivity index (χ2v) is 5.53. The number of anilines is 1. The van der Waals surface area contributed by atoms with Crippen LogP contribution in [0.2, 0.25) is 0 Å². The number of nitrogens with one attached hydrogen (secondary N) is 2. The van der Waals surface area contributed by atoms with Crippen LogP contribution >= 0.6 is 0 Å². The highest BCUT2D eigenvalue weighted by molar-refractivity contribution is 5.96. The summed E-state index contributed by atoms with van der Waals surface area (Å²) in [7, 11) is 1.60. The van der Waals surface area contributed by atoms with Crippen LogP contribution in [-0.2, 0) is 4.79 Å². The van der Waals surface area contributed by atoms with Gasteiger partial charge in [-0.05, 0) is 37.6 Å². The molecule has 6 heteroatoms. The monoisotopic (exact) mass is 305 g/mol. The molecule has 0 radical (unpaired) electrons. The Labute approximate surface area is 130 Å². The van der Waals surface area contributed by atoms with Crippen molar-refractivity contribution in [1.29, 1.82) is 0 Å². The lowest BCUT2D eigenvalue weighted by molar-refractivity contribution is -0.117. The molecule has 1 heterocycles. The average molecular weight is 305 g/mol. The first-order valence-corrected chi connectivity index (χ1v) is 7.55. The molecule has 6 nitrogen and oxygen atoms in total. The zero-order valence-corrected chi connectivity index (χ0v) is 13.3. The van der Waals surface area contributed by atoms with Crippen LogP contribution in [0.3, 0.4) is 0 Å². The minimum Gasteiger partial charge on any atom is -0.497 e. The summed E-state index contributed by atoms with van der Waals surface area (Å²) in [5.41, 5.74) is 0.817. The maximum absolute atomic E-state index is 12.1. The molecule has 1 aromatic rings. The van der Waals surface area contributed by atoms with Crippen LogP contribution in [0.5, 0.6) is 5.75 Å². The Morgan fingerprint density at radius 1 is 1.41 bits per heavy atom. The lowest BCUT2D eigenvalue weighted by Gasteiger charge is -2.18. The summed E-state index contributed by atoms with van der Waals surface area (Å²) < 4.78 is 5.11. The fourth-order valence-corrected chi connectivity index (χ4v) is 2.37. The largest absolute Gasteiger partial charge is 0.497 e. The molecule has 0 unspecified atom stereocenters. The number of urea groups is 1. The van der Waals surface area contributed by atoms with Crippen molar-refractivity contribution in [2.24, 2.45) is 0 Å². The smallest absolute Gasteiger partial charge is 0.315 e. The van der Waals surface area contributed by atoms with E-state index in [-0.39, 0.29) is 24.0 Å². The van der Waals surface area contributed by atoms with Crippen LogP contribution in [0.15, 0.2) is 24.3 Å². The van der Waals surface area contributed by atoms with Gasteiger partial charge in [0.1, 0.15) is 5.75 Å². The van der Waals surface area contributed by atoms with E-state index in [0.717, 1.165) is 17.9 Å². The summed E-state index contributed by atoms with van der Waals surface area (Å²) in [4.78, 5) is 25.6. The van der Waals surface area contributed by atoms with Crippen molar-refractivity contribution in [3.05, 3.63) is 24.3 Å². The normalized spacial score (nSPS) is 19.0. The average Bonchev–Trinajstić information content (AvgIpc) is 2.87. The van der Waals surface area contributed by atoms with Gasteiger partial charge in [0.05, 0.1) is 13.2 Å². The minimum atomic E-state index is -0.219. The number of ether oxygens (including phenoxy) is 1. The minimum absolute atomic E-state index is 0.0130. The number of rotatable bonds is 5. The number of benzene rings is 1. The van der Waals surface area contributed by atoms with Crippen LogP contribution < -0.4 is 20.3 Å². The van der Waals surface area contributed by atoms with Crippen molar-refractivity contribution in [3.63, 3.8) is 0 Å². The van der Waals surface area contributed by atoms with Gasteiger partial charge in [0.15, 0.2) is 0 Å². The molecule has 0 saturated carbocycles. The first-order chi connectivity index (χ1) is 10.5. The Kier molecular flexibility index (Phi) is 5.25. The van der Waals surface area contributed by atoms with Crippen LogP contribution in [-0.4, -0.2) is 37.7 Å². The highest BCUT2D eigenvalue weighted by atomic mass is 16.5. The molecule has 2 rings (SSSR count). The summed E-state index contributed by atoms with van der Waals surface area (Å²) >= 11 is 0. The van der Waals surface area contributed by atoms with Crippen molar-refractivity contribution < 1.29 is 14.3 Å². The fourth-order valence-electron chi connectivity index (χ4n) is 2.37. The Hall–Kier alpha value is -2.24. The maximum atomic E-state index is 12.1. The van der Waals surface area contributed by atoms with Gasteiger partial charge in [-0.15, -0.1) is 0 Å². The number of carbonyl (C=O) groups is 2. The third-order valence-electron chi connectivity index (χ3n) is 3.83. The quantitative estimate of drug-likeness (QED) is 0.873. The van der Waals surface area contributed by atoms with Crippen molar-refractivity contribution in [3.8, 4) is 5.75 Å². The van der Waals surface area contributed by atoms with Crippen molar-refractivity contribution in [1.82, 2.24) is 10.6 Å². The standard InChI is InChI=1S/C16H23N3O3/c1-4-11(2)17-16(21)18-12-9-15(20)19(10-12)13-5-7-14(22-3)8-6-13/h5-8,11-12H,4,9-10H2,1-3H3,(H2,17,18,21)/t11-,12-/m1/s1. The second kappa shape index (κ2) is 7.15. The highest BCUT2D eigenvalue weighted by Crippen LogP contribution is 2.24. The van der Waals surface area contributed by atoms with E-state index in [1.54, 1.807) is 12.0 Å². The van der Waals surface area contributed by atoms with Gasteiger partial charge in [0.25, 0.3) is 0 Å². The zero-order chi connectivity index (χ0) is 16.1. The first-order valence-electron chi connectivity index (χ1n) is 7.55. The van der Waals surface area contributed by atoms with Crippen LogP contribution in [0.4, 0.5) is 10.5 Å². The number of methoxy groups -OCH3 is 1. The molecule has 0 aliphatic carbocycles. The second-order valence-electron chi connectivity index (χ2n) is 5.53. The molecule has 1 aromatic carbocycles. The van der Waals surface area contributed by atoms with Gasteiger partial charge in [-0.25, -0.2) is 4.79 Å². The summed E-state index contributed by atoms with van der Waals surface area (Å²) in [6, 6.07) is 7.06. The zero-order valence-electron chi connectivity index (χ0n) is 13.3. The Morgan fingerprint density at radius 2 is 2.09 bits per heavy atom. The molecule has 3 amide bonds. The summed E-state index contributed by atoms with van der Waals surface area (Å²) in [5, 5.41) is 5.70. The van der Waals surface area contributed by atoms with Gasteiger partial charge in [0.2, 0.25) is 5.91 Å². The molecule has 1 fully saturated rings. The highest BCUT2D eigenvalue weighted by Gasteiger charge is 2.31. The predicted octanol–water partition coefficient (Wildman–Crippen LogP) is 1.90. The summed E-state index contributed by atoms with van der Waals surface area (Å²) in [5.74, 6) is 0.761. The molecule has 2 atom stereocenters. The molecule has 1 aliphatic heterocycles. The Balaban J connectivity index is 1.94. The molecule has 1 aliphatic rings. The summed E-state index contributed by atoms with van der Waals surface area (Å²) in [6.45, 7) is 4.44. The van der Waals surface area contributed by atoms with Crippen LogP contribution in [0.25, 0.3) is 0 Å². The Morgan fingerprint density at radius 3 is 2.68 bits per heavy atom. The molecular formula is C16H23N3O3. The van der Waals surface area contributed by atoms with Gasteiger partial charge in [0, 0.05) is 24.7 Å². The van der Waals surface area contributed by atoms with E-state index in [1.807, 2.05) is 38.1 Å². The van der Waals surface area contributed by atoms with Crippen molar-refractivity contribution in [2.45, 2.75) is 38.8 Å². The number of hydrogen-bond donors (Lipinski definition) is 2. The molecule has 1 saturated heterocycles. The Bertz CT molecular complexity index is 530. The molecular weight excluding hydrogens is 282 g/mol. The van der Waals surface area contributed by atoms with E-state index in [9.17, 15) is 9.59 Å². The lowest BCUT2D eigenvalue weighted by atomic mass is 10.2. The van der Waals surface area contributed by atoms with E-state index in [0.29, 0.717) is 13.0 Å². The van der Waals surface area contributed by atoms with E-state index in [1.165, 1.54) is 0 Å².